The number of pyridine rings is 1. The standard InChI is InChI=1S/C9H11F4N3/c1-14-8-5(10)3-6(11)9(15-8)16(2)4-7(12)13/h3,7H,4H2,1-2H3,(H,14,15). The minimum absolute atomic E-state index is 0.183. The minimum atomic E-state index is -2.62. The molecule has 16 heavy (non-hydrogen) atoms. The monoisotopic (exact) mass is 237 g/mol. The summed E-state index contributed by atoms with van der Waals surface area (Å²) in [6, 6.07) is 0.607. The molecule has 1 aromatic heterocycles. The molecule has 1 aromatic rings. The molecular weight excluding hydrogens is 226 g/mol. The van der Waals surface area contributed by atoms with Crippen LogP contribution in [-0.2, 0) is 0 Å². The zero-order valence-corrected chi connectivity index (χ0v) is 8.77. The van der Waals surface area contributed by atoms with Gasteiger partial charge in [-0.2, -0.15) is 0 Å². The Morgan fingerprint density at radius 2 is 2.00 bits per heavy atom. The Morgan fingerprint density at radius 1 is 1.38 bits per heavy atom. The molecule has 90 valence electrons. The lowest BCUT2D eigenvalue weighted by Crippen LogP contribution is -2.26. The van der Waals surface area contributed by atoms with Crippen molar-refractivity contribution in [2.24, 2.45) is 0 Å². The number of hydrogen-bond donors (Lipinski definition) is 1. The molecule has 0 atom stereocenters. The van der Waals surface area contributed by atoms with E-state index in [4.69, 9.17) is 0 Å². The molecule has 0 aliphatic carbocycles. The van der Waals surface area contributed by atoms with E-state index in [2.05, 4.69) is 10.3 Å². The van der Waals surface area contributed by atoms with Gasteiger partial charge in [0.2, 0.25) is 0 Å². The summed E-state index contributed by atoms with van der Waals surface area (Å²) < 4.78 is 50.4. The SMILES string of the molecule is CNc1nc(N(C)CC(F)F)c(F)cc1F. The maximum absolute atomic E-state index is 13.3. The molecule has 0 saturated heterocycles. The highest BCUT2D eigenvalue weighted by atomic mass is 19.3. The molecule has 0 aliphatic rings. The van der Waals surface area contributed by atoms with Gasteiger partial charge in [0, 0.05) is 20.2 Å². The number of aromatic nitrogens is 1. The van der Waals surface area contributed by atoms with E-state index in [0.717, 1.165) is 4.90 Å². The summed E-state index contributed by atoms with van der Waals surface area (Å²) in [5.41, 5.74) is 0. The fraction of sp³-hybridized carbons (Fsp3) is 0.444. The molecule has 0 amide bonds. The van der Waals surface area contributed by atoms with E-state index < -0.39 is 24.6 Å². The average molecular weight is 237 g/mol. The first-order chi connectivity index (χ1) is 7.45. The highest BCUT2D eigenvalue weighted by Gasteiger charge is 2.17. The Balaban J connectivity index is 3.03. The Kier molecular flexibility index (Phi) is 3.92. The second-order valence-electron chi connectivity index (χ2n) is 3.15. The van der Waals surface area contributed by atoms with Crippen molar-refractivity contribution in [2.45, 2.75) is 6.43 Å². The van der Waals surface area contributed by atoms with E-state index in [9.17, 15) is 17.6 Å². The molecule has 0 aromatic carbocycles. The summed E-state index contributed by atoms with van der Waals surface area (Å²) in [6.45, 7) is -0.668. The summed E-state index contributed by atoms with van der Waals surface area (Å²) >= 11 is 0. The molecule has 0 saturated carbocycles. The summed E-state index contributed by atoms with van der Waals surface area (Å²) in [5, 5.41) is 2.40. The van der Waals surface area contributed by atoms with E-state index in [-0.39, 0.29) is 11.6 Å². The smallest absolute Gasteiger partial charge is 0.255 e. The van der Waals surface area contributed by atoms with Gasteiger partial charge >= 0.3 is 0 Å². The van der Waals surface area contributed by atoms with Crippen molar-refractivity contribution in [3.63, 3.8) is 0 Å². The molecule has 0 radical (unpaired) electrons. The predicted octanol–water partition coefficient (Wildman–Crippen LogP) is 2.10. The summed E-state index contributed by atoms with van der Waals surface area (Å²) in [4.78, 5) is 4.51. The number of alkyl halides is 2. The van der Waals surface area contributed by atoms with Gasteiger partial charge in [-0.05, 0) is 0 Å². The lowest BCUT2D eigenvalue weighted by molar-refractivity contribution is 0.156. The van der Waals surface area contributed by atoms with E-state index >= 15 is 0 Å². The number of anilines is 2. The lowest BCUT2D eigenvalue weighted by Gasteiger charge is -2.18. The van der Waals surface area contributed by atoms with Crippen molar-refractivity contribution in [1.29, 1.82) is 0 Å². The third-order valence-corrected chi connectivity index (χ3v) is 1.92. The molecule has 0 bridgehead atoms. The largest absolute Gasteiger partial charge is 0.371 e. The van der Waals surface area contributed by atoms with Gasteiger partial charge in [-0.1, -0.05) is 0 Å². The van der Waals surface area contributed by atoms with Crippen molar-refractivity contribution in [3.05, 3.63) is 17.7 Å². The molecule has 0 spiro atoms. The molecule has 0 unspecified atom stereocenters. The number of rotatable bonds is 4. The molecule has 7 heteroatoms. The Morgan fingerprint density at radius 3 is 2.50 bits per heavy atom. The number of hydrogen-bond acceptors (Lipinski definition) is 3. The van der Waals surface area contributed by atoms with E-state index in [1.807, 2.05) is 0 Å². The van der Waals surface area contributed by atoms with Crippen LogP contribution < -0.4 is 10.2 Å². The van der Waals surface area contributed by atoms with E-state index in [1.165, 1.54) is 14.1 Å². The summed E-state index contributed by atoms with van der Waals surface area (Å²) in [6.07, 6.45) is -2.62. The van der Waals surface area contributed by atoms with Crippen molar-refractivity contribution >= 4 is 11.6 Å². The fourth-order valence-electron chi connectivity index (χ4n) is 1.19. The molecule has 1 N–H and O–H groups in total. The predicted molar refractivity (Wildman–Crippen MR) is 53.0 cm³/mol. The lowest BCUT2D eigenvalue weighted by atomic mass is 10.3. The van der Waals surface area contributed by atoms with Crippen LogP contribution in [0, 0.1) is 11.6 Å². The first-order valence-corrected chi connectivity index (χ1v) is 4.48. The van der Waals surface area contributed by atoms with Crippen LogP contribution in [0.3, 0.4) is 0 Å². The van der Waals surface area contributed by atoms with Gasteiger partial charge in [0.15, 0.2) is 23.3 Å². The van der Waals surface area contributed by atoms with E-state index in [1.54, 1.807) is 0 Å². The van der Waals surface area contributed by atoms with Gasteiger partial charge in [0.1, 0.15) is 0 Å². The minimum Gasteiger partial charge on any atom is -0.371 e. The van der Waals surface area contributed by atoms with Crippen LogP contribution in [0.25, 0.3) is 0 Å². The fourth-order valence-corrected chi connectivity index (χ4v) is 1.19. The van der Waals surface area contributed by atoms with Gasteiger partial charge in [0.05, 0.1) is 6.54 Å². The highest BCUT2D eigenvalue weighted by Crippen LogP contribution is 2.21. The average Bonchev–Trinajstić information content (AvgIpc) is 2.16. The zero-order valence-electron chi connectivity index (χ0n) is 8.77. The van der Waals surface area contributed by atoms with Gasteiger partial charge in [-0.15, -0.1) is 0 Å². The van der Waals surface area contributed by atoms with Crippen molar-refractivity contribution in [1.82, 2.24) is 4.98 Å². The molecular formula is C9H11F4N3. The quantitative estimate of drug-likeness (QED) is 0.813. The first-order valence-electron chi connectivity index (χ1n) is 4.48. The van der Waals surface area contributed by atoms with Crippen LogP contribution in [0.2, 0.25) is 0 Å². The normalized spacial score (nSPS) is 10.7. The molecule has 3 nitrogen and oxygen atoms in total. The van der Waals surface area contributed by atoms with Gasteiger partial charge < -0.3 is 10.2 Å². The van der Waals surface area contributed by atoms with Crippen LogP contribution in [0.5, 0.6) is 0 Å². The Labute approximate surface area is 90.1 Å². The highest BCUT2D eigenvalue weighted by molar-refractivity contribution is 5.48. The summed E-state index contributed by atoms with van der Waals surface area (Å²) in [5.74, 6) is -2.34. The van der Waals surface area contributed by atoms with Crippen molar-refractivity contribution < 1.29 is 17.6 Å². The Bertz CT molecular complexity index is 370. The second kappa shape index (κ2) is 5.00. The zero-order chi connectivity index (χ0) is 12.3. The van der Waals surface area contributed by atoms with Gasteiger partial charge in [-0.3, -0.25) is 0 Å². The number of nitrogens with zero attached hydrogens (tertiary/aromatic N) is 2. The summed E-state index contributed by atoms with van der Waals surface area (Å²) in [7, 11) is 2.66. The molecule has 1 heterocycles. The maximum atomic E-state index is 13.3. The van der Waals surface area contributed by atoms with Gasteiger partial charge in [-0.25, -0.2) is 22.5 Å². The van der Waals surface area contributed by atoms with Crippen LogP contribution in [0.1, 0.15) is 0 Å². The number of nitrogens with one attached hydrogen (secondary N) is 1. The molecule has 0 aliphatic heterocycles. The van der Waals surface area contributed by atoms with Crippen LogP contribution in [0.4, 0.5) is 29.2 Å². The second-order valence-corrected chi connectivity index (χ2v) is 3.15. The van der Waals surface area contributed by atoms with Crippen LogP contribution in [-0.4, -0.2) is 32.0 Å². The van der Waals surface area contributed by atoms with E-state index in [0.29, 0.717) is 6.07 Å². The molecule has 1 rings (SSSR count). The molecule has 0 fully saturated rings. The van der Waals surface area contributed by atoms with Crippen LogP contribution in [0.15, 0.2) is 6.07 Å². The van der Waals surface area contributed by atoms with Crippen LogP contribution >= 0.6 is 0 Å². The topological polar surface area (TPSA) is 28.2 Å². The maximum Gasteiger partial charge on any atom is 0.255 e. The number of halogens is 4. The van der Waals surface area contributed by atoms with Crippen molar-refractivity contribution in [2.75, 3.05) is 30.9 Å². The van der Waals surface area contributed by atoms with Crippen molar-refractivity contribution in [3.8, 4) is 0 Å². The third kappa shape index (κ3) is 2.74. The first kappa shape index (κ1) is 12.5. The van der Waals surface area contributed by atoms with Gasteiger partial charge in [0.25, 0.3) is 6.43 Å². The Hall–Kier alpha value is -1.53. The third-order valence-electron chi connectivity index (χ3n) is 1.92.